The van der Waals surface area contributed by atoms with Crippen LogP contribution in [-0.2, 0) is 6.18 Å². The van der Waals surface area contributed by atoms with Crippen LogP contribution in [0.5, 0.6) is 5.88 Å². The molecule has 2 aromatic rings. The summed E-state index contributed by atoms with van der Waals surface area (Å²) in [6.45, 7) is -0.0187. The minimum atomic E-state index is -4.57. The normalized spacial score (nSPS) is 13.1. The molecule has 0 radical (unpaired) electrons. The van der Waals surface area contributed by atoms with Gasteiger partial charge in [0, 0.05) is 6.20 Å². The van der Waals surface area contributed by atoms with E-state index < -0.39 is 36.5 Å². The van der Waals surface area contributed by atoms with Crippen LogP contribution in [0.1, 0.15) is 34.7 Å². The predicted molar refractivity (Wildman–Crippen MR) is 78.7 cm³/mol. The number of hydrogen-bond donors (Lipinski definition) is 1. The third-order valence-corrected chi connectivity index (χ3v) is 3.15. The summed E-state index contributed by atoms with van der Waals surface area (Å²) in [6, 6.07) is 0.912. The number of nitrogens with one attached hydrogen (secondary N) is 1. The van der Waals surface area contributed by atoms with Crippen molar-refractivity contribution in [1.82, 2.24) is 20.3 Å². The molecule has 0 saturated carbocycles. The number of ether oxygens (including phenoxy) is 1. The van der Waals surface area contributed by atoms with E-state index in [1.807, 2.05) is 0 Å². The lowest BCUT2D eigenvalue weighted by molar-refractivity contribution is -0.154. The molecule has 0 aliphatic heterocycles. The van der Waals surface area contributed by atoms with Gasteiger partial charge in [-0.3, -0.25) is 14.8 Å². The van der Waals surface area contributed by atoms with Gasteiger partial charge >= 0.3 is 12.4 Å². The molecule has 0 aliphatic carbocycles. The Bertz CT molecular complexity index is 775. The van der Waals surface area contributed by atoms with E-state index >= 15 is 0 Å². The van der Waals surface area contributed by atoms with Gasteiger partial charge in [0.1, 0.15) is 5.69 Å². The molecule has 2 rings (SSSR count). The Balaban J connectivity index is 1.97. The topological polar surface area (TPSA) is 77.0 Å². The first-order valence-corrected chi connectivity index (χ1v) is 7.31. The Morgan fingerprint density at radius 2 is 1.78 bits per heavy atom. The van der Waals surface area contributed by atoms with Crippen LogP contribution in [0.15, 0.2) is 30.7 Å². The van der Waals surface area contributed by atoms with Gasteiger partial charge in [0.05, 0.1) is 29.7 Å². The lowest BCUT2D eigenvalue weighted by atomic mass is 10.2. The molecule has 0 saturated heterocycles. The van der Waals surface area contributed by atoms with Crippen molar-refractivity contribution in [3.05, 3.63) is 47.7 Å². The van der Waals surface area contributed by atoms with Gasteiger partial charge < -0.3 is 10.1 Å². The van der Waals surface area contributed by atoms with Crippen LogP contribution in [-0.4, -0.2) is 33.6 Å². The Morgan fingerprint density at radius 3 is 2.26 bits per heavy atom. The molecule has 146 valence electrons. The molecule has 0 aliphatic rings. The molecule has 1 atom stereocenters. The minimum absolute atomic E-state index is 0.203. The maximum atomic E-state index is 12.5. The van der Waals surface area contributed by atoms with Crippen LogP contribution >= 0.6 is 0 Å². The number of hydrogen-bond acceptors (Lipinski definition) is 5. The number of carbonyl (C=O) groups is 1. The largest absolute Gasteiger partial charge is 0.467 e. The van der Waals surface area contributed by atoms with E-state index in [0.717, 1.165) is 24.5 Å². The van der Waals surface area contributed by atoms with Crippen molar-refractivity contribution in [2.24, 2.45) is 0 Å². The Morgan fingerprint density at radius 1 is 1.07 bits per heavy atom. The van der Waals surface area contributed by atoms with Crippen LogP contribution in [0.2, 0.25) is 0 Å². The van der Waals surface area contributed by atoms with E-state index in [9.17, 15) is 31.1 Å². The average Bonchev–Trinajstić information content (AvgIpc) is 2.59. The molecule has 27 heavy (non-hydrogen) atoms. The van der Waals surface area contributed by atoms with Crippen molar-refractivity contribution in [2.75, 3.05) is 6.61 Å². The summed E-state index contributed by atoms with van der Waals surface area (Å²) < 4.78 is 78.0. The highest BCUT2D eigenvalue weighted by Crippen LogP contribution is 2.28. The summed E-state index contributed by atoms with van der Waals surface area (Å²) in [4.78, 5) is 23.0. The minimum Gasteiger partial charge on any atom is -0.467 e. The van der Waals surface area contributed by atoms with Crippen molar-refractivity contribution in [1.29, 1.82) is 0 Å². The van der Waals surface area contributed by atoms with Crippen molar-refractivity contribution in [3.63, 3.8) is 0 Å². The van der Waals surface area contributed by atoms with Gasteiger partial charge in [-0.05, 0) is 19.1 Å². The van der Waals surface area contributed by atoms with Crippen LogP contribution in [0.3, 0.4) is 0 Å². The smallest absolute Gasteiger partial charge is 0.422 e. The zero-order valence-corrected chi connectivity index (χ0v) is 13.6. The molecule has 2 aromatic heterocycles. The second-order valence-corrected chi connectivity index (χ2v) is 5.31. The second kappa shape index (κ2) is 7.76. The molecular weight excluding hydrogens is 382 g/mol. The number of amides is 1. The second-order valence-electron chi connectivity index (χ2n) is 5.31. The van der Waals surface area contributed by atoms with E-state index in [-0.39, 0.29) is 17.3 Å². The van der Waals surface area contributed by atoms with E-state index in [4.69, 9.17) is 0 Å². The number of halogens is 6. The molecule has 1 N–H and O–H groups in total. The number of rotatable bonds is 5. The number of nitrogens with zero attached hydrogens (tertiary/aromatic N) is 3. The van der Waals surface area contributed by atoms with Gasteiger partial charge in [0.2, 0.25) is 5.88 Å². The molecule has 0 spiro atoms. The Kier molecular flexibility index (Phi) is 5.86. The molecule has 0 aromatic carbocycles. The molecule has 0 bridgehead atoms. The van der Waals surface area contributed by atoms with E-state index in [0.29, 0.717) is 6.20 Å². The zero-order valence-electron chi connectivity index (χ0n) is 13.6. The molecule has 6 nitrogen and oxygen atoms in total. The summed E-state index contributed by atoms with van der Waals surface area (Å²) in [5, 5.41) is 2.44. The van der Waals surface area contributed by atoms with E-state index in [1.165, 1.54) is 6.92 Å². The first-order valence-electron chi connectivity index (χ1n) is 7.31. The van der Waals surface area contributed by atoms with E-state index in [1.54, 1.807) is 0 Å². The van der Waals surface area contributed by atoms with Crippen LogP contribution in [0.25, 0.3) is 0 Å². The molecule has 1 amide bonds. The van der Waals surface area contributed by atoms with Gasteiger partial charge in [-0.15, -0.1) is 0 Å². The van der Waals surface area contributed by atoms with Gasteiger partial charge in [-0.2, -0.15) is 26.3 Å². The monoisotopic (exact) mass is 394 g/mol. The SMILES string of the molecule is CC(NC(=O)c1ccc(C(F)(F)F)cn1)c1cnc(OCC(F)(F)F)cn1. The Labute approximate surface area is 148 Å². The highest BCUT2D eigenvalue weighted by molar-refractivity contribution is 5.92. The predicted octanol–water partition coefficient (Wildman–Crippen LogP) is 3.32. The lowest BCUT2D eigenvalue weighted by Crippen LogP contribution is -2.28. The highest BCUT2D eigenvalue weighted by Gasteiger charge is 2.31. The van der Waals surface area contributed by atoms with Gasteiger partial charge in [-0.1, -0.05) is 0 Å². The van der Waals surface area contributed by atoms with Crippen molar-refractivity contribution < 1.29 is 35.9 Å². The Hall–Kier alpha value is -2.92. The van der Waals surface area contributed by atoms with Crippen molar-refractivity contribution in [2.45, 2.75) is 25.3 Å². The summed E-state index contributed by atoms with van der Waals surface area (Å²) in [7, 11) is 0. The summed E-state index contributed by atoms with van der Waals surface area (Å²) in [6.07, 6.45) is -6.49. The van der Waals surface area contributed by atoms with Crippen molar-refractivity contribution >= 4 is 5.91 Å². The molecular formula is C15H12F6N4O2. The van der Waals surface area contributed by atoms with E-state index in [2.05, 4.69) is 25.0 Å². The molecule has 12 heteroatoms. The van der Waals surface area contributed by atoms with Crippen molar-refractivity contribution in [3.8, 4) is 5.88 Å². The lowest BCUT2D eigenvalue weighted by Gasteiger charge is -2.14. The maximum Gasteiger partial charge on any atom is 0.422 e. The first kappa shape index (κ1) is 20.4. The maximum absolute atomic E-state index is 12.5. The fraction of sp³-hybridized carbons (Fsp3) is 0.333. The quantitative estimate of drug-likeness (QED) is 0.788. The first-order chi connectivity index (χ1) is 12.5. The fourth-order valence-corrected chi connectivity index (χ4v) is 1.82. The van der Waals surface area contributed by atoms with Crippen LogP contribution in [0.4, 0.5) is 26.3 Å². The fourth-order valence-electron chi connectivity index (χ4n) is 1.82. The molecule has 2 heterocycles. The summed E-state index contributed by atoms with van der Waals surface area (Å²) >= 11 is 0. The number of alkyl halides is 6. The number of carbonyl (C=O) groups excluding carboxylic acids is 1. The third kappa shape index (κ3) is 6.08. The molecule has 0 fully saturated rings. The third-order valence-electron chi connectivity index (χ3n) is 3.15. The number of pyridine rings is 1. The van der Waals surface area contributed by atoms with Crippen LogP contribution in [0, 0.1) is 0 Å². The zero-order chi connectivity index (χ0) is 20.2. The summed E-state index contributed by atoms with van der Waals surface area (Å²) in [5.41, 5.74) is -1.03. The summed E-state index contributed by atoms with van der Waals surface area (Å²) in [5.74, 6) is -1.10. The standard InChI is InChI=1S/C15H12F6N4O2/c1-8(11-5-24-12(6-23-11)27-7-14(16,17)18)25-13(26)10-3-2-9(4-22-10)15(19,20)21/h2-6,8H,7H2,1H3,(H,25,26). The van der Waals surface area contributed by atoms with Crippen LogP contribution < -0.4 is 10.1 Å². The molecule has 1 unspecified atom stereocenters. The average molecular weight is 394 g/mol. The highest BCUT2D eigenvalue weighted by atomic mass is 19.4. The van der Waals surface area contributed by atoms with Gasteiger partial charge in [0.15, 0.2) is 6.61 Å². The number of aromatic nitrogens is 3. The van der Waals surface area contributed by atoms with Gasteiger partial charge in [0.25, 0.3) is 5.91 Å². The van der Waals surface area contributed by atoms with Gasteiger partial charge in [-0.25, -0.2) is 4.98 Å².